The number of benzene rings is 1. The number of hydrogen-bond donors (Lipinski definition) is 1. The Morgan fingerprint density at radius 3 is 2.21 bits per heavy atom. The topological polar surface area (TPSA) is 56.0 Å². The fourth-order valence-corrected chi connectivity index (χ4v) is 1.58. The molecule has 0 aliphatic carbocycles. The lowest BCUT2D eigenvalue weighted by Crippen LogP contribution is -2.11. The van der Waals surface area contributed by atoms with E-state index in [1.54, 1.807) is 0 Å². The molecular weight excluding hydrogens is 257 g/mol. The van der Waals surface area contributed by atoms with Gasteiger partial charge in [-0.2, -0.15) is 13.2 Å². The molecule has 1 heterocycles. The Morgan fingerprint density at radius 2 is 1.68 bits per heavy atom. The van der Waals surface area contributed by atoms with Gasteiger partial charge in [-0.3, -0.25) is 9.78 Å². The van der Waals surface area contributed by atoms with E-state index in [1.165, 1.54) is 30.6 Å². The molecule has 0 unspecified atom stereocenters. The zero-order valence-corrected chi connectivity index (χ0v) is 9.61. The molecule has 1 aromatic carbocycles. The van der Waals surface area contributed by atoms with Gasteiger partial charge in [0.25, 0.3) is 0 Å². The summed E-state index contributed by atoms with van der Waals surface area (Å²) in [5, 5.41) is 0. The molecule has 0 aliphatic rings. The number of hydrogen-bond acceptors (Lipinski definition) is 2. The van der Waals surface area contributed by atoms with Gasteiger partial charge in [-0.15, -0.1) is 0 Å². The lowest BCUT2D eigenvalue weighted by molar-refractivity contribution is -0.137. The van der Waals surface area contributed by atoms with E-state index < -0.39 is 17.6 Å². The first kappa shape index (κ1) is 13.1. The number of alkyl halides is 3. The number of nitrogens with zero attached hydrogens (tertiary/aromatic N) is 1. The average Bonchev–Trinajstić information content (AvgIpc) is 2.38. The third-order valence-electron chi connectivity index (χ3n) is 2.57. The lowest BCUT2D eigenvalue weighted by Gasteiger charge is -2.08. The summed E-state index contributed by atoms with van der Waals surface area (Å²) < 4.78 is 37.3. The summed E-state index contributed by atoms with van der Waals surface area (Å²) in [7, 11) is 0. The van der Waals surface area contributed by atoms with E-state index in [0.717, 1.165) is 12.1 Å². The van der Waals surface area contributed by atoms with Crippen LogP contribution in [0.4, 0.5) is 13.2 Å². The Hall–Kier alpha value is -2.37. The van der Waals surface area contributed by atoms with E-state index in [0.29, 0.717) is 11.1 Å². The molecule has 2 aromatic rings. The molecule has 0 atom stereocenters. The van der Waals surface area contributed by atoms with Crippen molar-refractivity contribution in [2.75, 3.05) is 0 Å². The monoisotopic (exact) mass is 266 g/mol. The van der Waals surface area contributed by atoms with Gasteiger partial charge in [0, 0.05) is 18.0 Å². The molecular formula is C13H9F3N2O. The van der Waals surface area contributed by atoms with Crippen LogP contribution in [0.3, 0.4) is 0 Å². The molecule has 0 saturated heterocycles. The lowest BCUT2D eigenvalue weighted by atomic mass is 10.0. The second-order valence-electron chi connectivity index (χ2n) is 3.90. The Kier molecular flexibility index (Phi) is 3.25. The maximum atomic E-state index is 12.4. The highest BCUT2D eigenvalue weighted by atomic mass is 19.4. The van der Waals surface area contributed by atoms with Crippen molar-refractivity contribution >= 4 is 5.91 Å². The molecule has 0 aliphatic heterocycles. The second-order valence-corrected chi connectivity index (χ2v) is 3.90. The molecule has 98 valence electrons. The van der Waals surface area contributed by atoms with Crippen molar-refractivity contribution in [3.8, 4) is 11.1 Å². The Labute approximate surface area is 106 Å². The first-order valence-corrected chi connectivity index (χ1v) is 5.30. The van der Waals surface area contributed by atoms with Crippen LogP contribution in [0.25, 0.3) is 11.1 Å². The fraction of sp³-hybridized carbons (Fsp3) is 0.0769. The van der Waals surface area contributed by atoms with E-state index in [-0.39, 0.29) is 5.56 Å². The molecule has 2 N–H and O–H groups in total. The van der Waals surface area contributed by atoms with Gasteiger partial charge in [0.2, 0.25) is 5.91 Å². The maximum absolute atomic E-state index is 12.4. The van der Waals surface area contributed by atoms with Gasteiger partial charge in [-0.1, -0.05) is 12.1 Å². The molecule has 1 amide bonds. The van der Waals surface area contributed by atoms with Crippen LogP contribution >= 0.6 is 0 Å². The standard InChI is InChI=1S/C13H9F3N2O/c14-13(15,16)11-3-1-8(2-4-11)9-5-10(12(17)19)7-18-6-9/h1-7H,(H2,17,19). The quantitative estimate of drug-likeness (QED) is 0.908. The first-order valence-electron chi connectivity index (χ1n) is 5.30. The molecule has 0 bridgehead atoms. The van der Waals surface area contributed by atoms with E-state index in [1.807, 2.05) is 0 Å². The van der Waals surface area contributed by atoms with Crippen LogP contribution in [0.2, 0.25) is 0 Å². The predicted octanol–water partition coefficient (Wildman–Crippen LogP) is 2.87. The van der Waals surface area contributed by atoms with Crippen molar-refractivity contribution in [1.29, 1.82) is 0 Å². The highest BCUT2D eigenvalue weighted by Crippen LogP contribution is 2.30. The number of aromatic nitrogens is 1. The van der Waals surface area contributed by atoms with E-state index in [4.69, 9.17) is 5.73 Å². The van der Waals surface area contributed by atoms with Crippen LogP contribution in [-0.4, -0.2) is 10.9 Å². The summed E-state index contributed by atoms with van der Waals surface area (Å²) in [6, 6.07) is 6.09. The molecule has 0 saturated carbocycles. The number of halogens is 3. The highest BCUT2D eigenvalue weighted by Gasteiger charge is 2.29. The minimum absolute atomic E-state index is 0.206. The minimum Gasteiger partial charge on any atom is -0.366 e. The van der Waals surface area contributed by atoms with Gasteiger partial charge >= 0.3 is 6.18 Å². The zero-order valence-electron chi connectivity index (χ0n) is 9.61. The van der Waals surface area contributed by atoms with Crippen LogP contribution in [0, 0.1) is 0 Å². The van der Waals surface area contributed by atoms with Crippen LogP contribution in [0.5, 0.6) is 0 Å². The molecule has 1 aromatic heterocycles. The summed E-state index contributed by atoms with van der Waals surface area (Å²) >= 11 is 0. The molecule has 0 fully saturated rings. The van der Waals surface area contributed by atoms with Gasteiger partial charge in [-0.25, -0.2) is 0 Å². The normalized spacial score (nSPS) is 11.3. The van der Waals surface area contributed by atoms with Crippen molar-refractivity contribution in [1.82, 2.24) is 4.98 Å². The summed E-state index contributed by atoms with van der Waals surface area (Å²) in [5.41, 5.74) is 5.66. The Bertz CT molecular complexity index is 606. The maximum Gasteiger partial charge on any atom is 0.416 e. The van der Waals surface area contributed by atoms with Crippen molar-refractivity contribution < 1.29 is 18.0 Å². The van der Waals surface area contributed by atoms with Crippen molar-refractivity contribution in [3.63, 3.8) is 0 Å². The number of amides is 1. The fourth-order valence-electron chi connectivity index (χ4n) is 1.58. The predicted molar refractivity (Wildman–Crippen MR) is 63.2 cm³/mol. The zero-order chi connectivity index (χ0) is 14.0. The molecule has 6 heteroatoms. The van der Waals surface area contributed by atoms with Crippen LogP contribution < -0.4 is 5.73 Å². The average molecular weight is 266 g/mol. The van der Waals surface area contributed by atoms with Crippen molar-refractivity contribution in [2.45, 2.75) is 6.18 Å². The summed E-state index contributed by atoms with van der Waals surface area (Å²) in [6.45, 7) is 0. The number of carbonyl (C=O) groups is 1. The van der Waals surface area contributed by atoms with Crippen molar-refractivity contribution in [2.24, 2.45) is 5.73 Å². The number of carbonyl (C=O) groups excluding carboxylic acids is 1. The largest absolute Gasteiger partial charge is 0.416 e. The minimum atomic E-state index is -4.37. The van der Waals surface area contributed by atoms with Gasteiger partial charge in [0.1, 0.15) is 0 Å². The third-order valence-corrected chi connectivity index (χ3v) is 2.57. The van der Waals surface area contributed by atoms with Crippen LogP contribution in [0.15, 0.2) is 42.7 Å². The number of primary amides is 1. The smallest absolute Gasteiger partial charge is 0.366 e. The Balaban J connectivity index is 2.37. The SMILES string of the molecule is NC(=O)c1cncc(-c2ccc(C(F)(F)F)cc2)c1. The Morgan fingerprint density at radius 1 is 1.05 bits per heavy atom. The second kappa shape index (κ2) is 4.72. The number of rotatable bonds is 2. The van der Waals surface area contributed by atoms with Gasteiger partial charge in [0.15, 0.2) is 0 Å². The summed E-state index contributed by atoms with van der Waals surface area (Å²) in [6.07, 6.45) is -1.61. The number of pyridine rings is 1. The van der Waals surface area contributed by atoms with E-state index >= 15 is 0 Å². The van der Waals surface area contributed by atoms with Gasteiger partial charge in [0.05, 0.1) is 11.1 Å². The summed E-state index contributed by atoms with van der Waals surface area (Å²) in [4.78, 5) is 14.8. The molecule has 19 heavy (non-hydrogen) atoms. The first-order chi connectivity index (χ1) is 8.88. The number of nitrogens with two attached hydrogens (primary N) is 1. The molecule has 3 nitrogen and oxygen atoms in total. The van der Waals surface area contributed by atoms with Gasteiger partial charge < -0.3 is 5.73 Å². The van der Waals surface area contributed by atoms with Gasteiger partial charge in [-0.05, 0) is 23.8 Å². The third kappa shape index (κ3) is 2.90. The van der Waals surface area contributed by atoms with Crippen LogP contribution in [-0.2, 0) is 6.18 Å². The molecule has 0 radical (unpaired) electrons. The molecule has 2 rings (SSSR count). The molecule has 0 spiro atoms. The van der Waals surface area contributed by atoms with Crippen molar-refractivity contribution in [3.05, 3.63) is 53.9 Å². The van der Waals surface area contributed by atoms with Crippen LogP contribution in [0.1, 0.15) is 15.9 Å². The van der Waals surface area contributed by atoms with E-state index in [2.05, 4.69) is 4.98 Å². The highest BCUT2D eigenvalue weighted by molar-refractivity contribution is 5.93. The summed E-state index contributed by atoms with van der Waals surface area (Å²) in [5.74, 6) is -0.638. The van der Waals surface area contributed by atoms with E-state index in [9.17, 15) is 18.0 Å².